The zero-order valence-electron chi connectivity index (χ0n) is 5.48. The average molecular weight is 179 g/mol. The van der Waals surface area contributed by atoms with Gasteiger partial charge in [0.15, 0.2) is 0 Å². The average Bonchev–Trinajstić information content (AvgIpc) is 1.95. The van der Waals surface area contributed by atoms with Crippen molar-refractivity contribution in [3.05, 3.63) is 35.4 Å². The third-order valence-corrected chi connectivity index (χ3v) is 1.33. The fourth-order valence-electron chi connectivity index (χ4n) is 0.698. The van der Waals surface area contributed by atoms with Gasteiger partial charge in [-0.1, -0.05) is 6.07 Å². The highest BCUT2D eigenvalue weighted by Gasteiger charge is 2.02. The van der Waals surface area contributed by atoms with Crippen LogP contribution in [0.2, 0.25) is 0 Å². The van der Waals surface area contributed by atoms with Gasteiger partial charge in [-0.15, -0.1) is 0 Å². The molecule has 11 heavy (non-hydrogen) atoms. The van der Waals surface area contributed by atoms with E-state index in [1.165, 1.54) is 6.07 Å². The van der Waals surface area contributed by atoms with Crippen molar-refractivity contribution in [2.45, 2.75) is 6.61 Å². The summed E-state index contributed by atoms with van der Waals surface area (Å²) in [5.74, 6) is -1.26. The Hall–Kier alpha value is -0.670. The molecular weight excluding hydrogens is 174 g/mol. The smallest absolute Gasteiger partial charge is 0.131 e. The van der Waals surface area contributed by atoms with Crippen molar-refractivity contribution in [3.63, 3.8) is 0 Å². The van der Waals surface area contributed by atoms with Crippen LogP contribution in [0.4, 0.5) is 8.78 Å². The van der Waals surface area contributed by atoms with Crippen LogP contribution in [0, 0.1) is 11.6 Å². The second-order valence-corrected chi connectivity index (χ2v) is 2.21. The van der Waals surface area contributed by atoms with Crippen molar-refractivity contribution in [1.29, 1.82) is 0 Å². The third-order valence-electron chi connectivity index (χ3n) is 1.23. The van der Waals surface area contributed by atoms with E-state index in [2.05, 4.69) is 4.29 Å². The molecule has 0 radical (unpaired) electrons. The van der Waals surface area contributed by atoms with E-state index < -0.39 is 11.6 Å². The lowest BCUT2D eigenvalue weighted by molar-refractivity contribution is 0.332. The van der Waals surface area contributed by atoms with E-state index in [1.54, 1.807) is 0 Å². The molecule has 0 fully saturated rings. The summed E-state index contributed by atoms with van der Waals surface area (Å²) < 4.78 is 29.1. The Morgan fingerprint density at radius 2 is 2.09 bits per heavy atom. The number of benzene rings is 1. The fourth-order valence-corrected chi connectivity index (χ4v) is 0.815. The molecule has 0 heterocycles. The highest BCUT2D eigenvalue weighted by molar-refractivity contribution is 6.07. The lowest BCUT2D eigenvalue weighted by Crippen LogP contribution is -1.90. The summed E-state index contributed by atoms with van der Waals surface area (Å²) in [5, 5.41) is 0. The van der Waals surface area contributed by atoms with Crippen molar-refractivity contribution in [1.82, 2.24) is 0 Å². The molecule has 4 heteroatoms. The number of hydrogen-bond acceptors (Lipinski definition) is 1. The molecular formula is C7H5ClF2O. The number of halogens is 3. The molecule has 0 aliphatic rings. The fraction of sp³-hybridized carbons (Fsp3) is 0.143. The standard InChI is InChI=1S/C7H5ClF2O/c8-11-4-5-1-2-6(9)3-7(5)10/h1-3H,4H2. The number of hydrogen-bond donors (Lipinski definition) is 0. The predicted octanol–water partition coefficient (Wildman–Crippen LogP) is 2.64. The maximum absolute atomic E-state index is 12.7. The first-order chi connectivity index (χ1) is 5.24. The monoisotopic (exact) mass is 178 g/mol. The molecule has 60 valence electrons. The van der Waals surface area contributed by atoms with E-state index in [0.717, 1.165) is 12.1 Å². The van der Waals surface area contributed by atoms with Gasteiger partial charge >= 0.3 is 0 Å². The zero-order valence-corrected chi connectivity index (χ0v) is 6.24. The zero-order chi connectivity index (χ0) is 8.27. The molecule has 0 atom stereocenters. The molecule has 0 N–H and O–H groups in total. The molecule has 1 aromatic rings. The normalized spacial score (nSPS) is 10.1. The van der Waals surface area contributed by atoms with Crippen LogP contribution >= 0.6 is 11.9 Å². The Labute approximate surface area is 67.7 Å². The van der Waals surface area contributed by atoms with Gasteiger partial charge in [-0.25, -0.2) is 8.78 Å². The summed E-state index contributed by atoms with van der Waals surface area (Å²) in [6, 6.07) is 3.21. The molecule has 0 aliphatic carbocycles. The van der Waals surface area contributed by atoms with Gasteiger partial charge in [-0.3, -0.25) is 4.29 Å². The first-order valence-corrected chi connectivity index (χ1v) is 3.22. The van der Waals surface area contributed by atoms with E-state index in [4.69, 9.17) is 11.9 Å². The molecule has 0 saturated heterocycles. The van der Waals surface area contributed by atoms with Crippen molar-refractivity contribution in [2.75, 3.05) is 0 Å². The van der Waals surface area contributed by atoms with Crippen LogP contribution in [0.25, 0.3) is 0 Å². The maximum Gasteiger partial charge on any atom is 0.131 e. The van der Waals surface area contributed by atoms with Gasteiger partial charge in [-0.05, 0) is 6.07 Å². The first kappa shape index (κ1) is 8.43. The summed E-state index contributed by atoms with van der Waals surface area (Å²) in [6.45, 7) is -0.0618. The van der Waals surface area contributed by atoms with Crippen LogP contribution in [-0.2, 0) is 10.9 Å². The van der Waals surface area contributed by atoms with E-state index >= 15 is 0 Å². The van der Waals surface area contributed by atoms with Crippen LogP contribution in [0.5, 0.6) is 0 Å². The molecule has 1 aromatic carbocycles. The quantitative estimate of drug-likeness (QED) is 0.677. The van der Waals surface area contributed by atoms with Crippen molar-refractivity contribution >= 4 is 11.9 Å². The predicted molar refractivity (Wildman–Crippen MR) is 37.0 cm³/mol. The highest BCUT2D eigenvalue weighted by Crippen LogP contribution is 2.10. The Balaban J connectivity index is 2.90. The van der Waals surface area contributed by atoms with Crippen LogP contribution in [-0.4, -0.2) is 0 Å². The molecule has 0 saturated carbocycles. The van der Waals surface area contributed by atoms with Crippen LogP contribution in [0.3, 0.4) is 0 Å². The first-order valence-electron chi connectivity index (χ1n) is 2.91. The molecule has 0 aromatic heterocycles. The molecule has 1 nitrogen and oxygen atoms in total. The Kier molecular flexibility index (Phi) is 2.79. The second-order valence-electron chi connectivity index (χ2n) is 1.99. The minimum Gasteiger partial charge on any atom is -0.274 e. The molecule has 0 bridgehead atoms. The Morgan fingerprint density at radius 1 is 1.36 bits per heavy atom. The molecule has 1 rings (SSSR count). The van der Waals surface area contributed by atoms with Gasteiger partial charge < -0.3 is 0 Å². The molecule has 0 amide bonds. The van der Waals surface area contributed by atoms with Gasteiger partial charge in [0.05, 0.1) is 18.5 Å². The maximum atomic E-state index is 12.7. The van der Waals surface area contributed by atoms with E-state index in [1.807, 2.05) is 0 Å². The van der Waals surface area contributed by atoms with Crippen LogP contribution in [0.1, 0.15) is 5.56 Å². The number of rotatable bonds is 2. The molecule has 0 unspecified atom stereocenters. The van der Waals surface area contributed by atoms with Crippen LogP contribution in [0.15, 0.2) is 18.2 Å². The van der Waals surface area contributed by atoms with Gasteiger partial charge in [0, 0.05) is 11.6 Å². The molecule has 0 aliphatic heterocycles. The van der Waals surface area contributed by atoms with Crippen molar-refractivity contribution in [3.8, 4) is 0 Å². The largest absolute Gasteiger partial charge is 0.274 e. The topological polar surface area (TPSA) is 9.23 Å². The Morgan fingerprint density at radius 3 is 2.64 bits per heavy atom. The third kappa shape index (κ3) is 2.13. The van der Waals surface area contributed by atoms with E-state index in [0.29, 0.717) is 0 Å². The SMILES string of the molecule is Fc1ccc(COCl)c(F)c1. The van der Waals surface area contributed by atoms with E-state index in [9.17, 15) is 8.78 Å². The van der Waals surface area contributed by atoms with Crippen molar-refractivity contribution in [2.24, 2.45) is 0 Å². The van der Waals surface area contributed by atoms with Crippen molar-refractivity contribution < 1.29 is 13.1 Å². The second kappa shape index (κ2) is 3.64. The summed E-state index contributed by atoms with van der Waals surface area (Å²) in [4.78, 5) is 0. The summed E-state index contributed by atoms with van der Waals surface area (Å²) in [6.07, 6.45) is 0. The van der Waals surface area contributed by atoms with Gasteiger partial charge in [-0.2, -0.15) is 0 Å². The summed E-state index contributed by atoms with van der Waals surface area (Å²) >= 11 is 4.89. The Bertz CT molecular complexity index is 252. The lowest BCUT2D eigenvalue weighted by atomic mass is 10.2. The summed E-state index contributed by atoms with van der Waals surface area (Å²) in [5.41, 5.74) is 0.237. The lowest BCUT2D eigenvalue weighted by Gasteiger charge is -1.98. The van der Waals surface area contributed by atoms with Gasteiger partial charge in [0.2, 0.25) is 0 Å². The highest BCUT2D eigenvalue weighted by atomic mass is 35.5. The van der Waals surface area contributed by atoms with Gasteiger partial charge in [0.1, 0.15) is 11.6 Å². The summed E-state index contributed by atoms with van der Waals surface area (Å²) in [7, 11) is 0. The van der Waals surface area contributed by atoms with Gasteiger partial charge in [0.25, 0.3) is 0 Å². The van der Waals surface area contributed by atoms with Crippen LogP contribution < -0.4 is 0 Å². The van der Waals surface area contributed by atoms with E-state index in [-0.39, 0.29) is 12.2 Å². The minimum absolute atomic E-state index is 0.0618. The minimum atomic E-state index is -0.648. The molecule has 0 spiro atoms.